The highest BCUT2D eigenvalue weighted by Crippen LogP contribution is 2.21. The molecule has 2 aromatic rings. The van der Waals surface area contributed by atoms with Gasteiger partial charge in [-0.15, -0.1) is 11.3 Å². The number of Topliss-reactive ketones (excluding diaryl/α,β-unsaturated/α-hetero) is 1. The number of carbonyl (C=O) groups excluding carboxylic acids is 2. The highest BCUT2D eigenvalue weighted by atomic mass is 32.1. The van der Waals surface area contributed by atoms with Gasteiger partial charge in [0.05, 0.1) is 23.7 Å². The molecule has 1 aromatic heterocycles. The minimum Gasteiger partial charge on any atom is -0.463 e. The van der Waals surface area contributed by atoms with Gasteiger partial charge >= 0.3 is 5.97 Å². The van der Waals surface area contributed by atoms with Crippen molar-refractivity contribution < 1.29 is 14.3 Å². The maximum absolute atomic E-state index is 11.3. The molecular weight excluding hydrogens is 226 g/mol. The number of ketones is 1. The van der Waals surface area contributed by atoms with E-state index < -0.39 is 11.8 Å². The maximum Gasteiger partial charge on any atom is 0.374 e. The molecule has 5 heteroatoms. The third-order valence-corrected chi connectivity index (χ3v) is 3.10. The largest absolute Gasteiger partial charge is 0.463 e. The van der Waals surface area contributed by atoms with Crippen LogP contribution < -0.4 is 0 Å². The van der Waals surface area contributed by atoms with E-state index in [9.17, 15) is 9.59 Å². The summed E-state index contributed by atoms with van der Waals surface area (Å²) in [7, 11) is 1.19. The molecule has 16 heavy (non-hydrogen) atoms. The molecule has 0 aliphatic carbocycles. The summed E-state index contributed by atoms with van der Waals surface area (Å²) in [5, 5.41) is 0.636. The van der Waals surface area contributed by atoms with Gasteiger partial charge < -0.3 is 4.74 Å². The summed E-state index contributed by atoms with van der Waals surface area (Å²) in [5.41, 5.74) is 0.847. The number of methoxy groups -OCH3 is 1. The predicted molar refractivity (Wildman–Crippen MR) is 60.3 cm³/mol. The fourth-order valence-corrected chi connectivity index (χ4v) is 2.28. The van der Waals surface area contributed by atoms with Crippen molar-refractivity contribution in [3.63, 3.8) is 0 Å². The van der Waals surface area contributed by atoms with E-state index in [2.05, 4.69) is 9.72 Å². The second kappa shape index (κ2) is 4.40. The van der Waals surface area contributed by atoms with Crippen LogP contribution in [-0.2, 0) is 20.7 Å². The highest BCUT2D eigenvalue weighted by Gasteiger charge is 2.16. The van der Waals surface area contributed by atoms with Crippen LogP contribution in [0.2, 0.25) is 0 Å². The molecule has 82 valence electrons. The SMILES string of the molecule is COC(=O)C(=O)Cc1nc2ccccc2s1. The van der Waals surface area contributed by atoms with E-state index in [4.69, 9.17) is 0 Å². The first-order chi connectivity index (χ1) is 7.70. The Morgan fingerprint density at radius 2 is 2.12 bits per heavy atom. The number of ether oxygens (including phenoxy) is 1. The Labute approximate surface area is 95.9 Å². The molecule has 1 heterocycles. The second-order valence-corrected chi connectivity index (χ2v) is 4.28. The fourth-order valence-electron chi connectivity index (χ4n) is 1.32. The van der Waals surface area contributed by atoms with Crippen molar-refractivity contribution in [2.75, 3.05) is 7.11 Å². The standard InChI is InChI=1S/C11H9NO3S/c1-15-11(14)8(13)6-10-12-7-4-2-3-5-9(7)16-10/h2-5H,6H2,1H3. The van der Waals surface area contributed by atoms with Crippen LogP contribution in [0, 0.1) is 0 Å². The smallest absolute Gasteiger partial charge is 0.374 e. The zero-order valence-electron chi connectivity index (χ0n) is 8.60. The highest BCUT2D eigenvalue weighted by molar-refractivity contribution is 7.18. The lowest BCUT2D eigenvalue weighted by molar-refractivity contribution is -0.151. The molecule has 2 rings (SSSR count). The molecule has 0 N–H and O–H groups in total. The second-order valence-electron chi connectivity index (χ2n) is 3.17. The van der Waals surface area contributed by atoms with Gasteiger partial charge in [0.2, 0.25) is 5.78 Å². The van der Waals surface area contributed by atoms with Crippen molar-refractivity contribution in [2.45, 2.75) is 6.42 Å². The predicted octanol–water partition coefficient (Wildman–Crippen LogP) is 1.58. The molecule has 0 aliphatic heterocycles. The number of hydrogen-bond donors (Lipinski definition) is 0. The number of carbonyl (C=O) groups is 2. The molecule has 0 unspecified atom stereocenters. The van der Waals surface area contributed by atoms with Crippen LogP contribution >= 0.6 is 11.3 Å². The Kier molecular flexibility index (Phi) is 2.96. The molecule has 0 saturated carbocycles. The average molecular weight is 235 g/mol. The van der Waals surface area contributed by atoms with E-state index in [0.29, 0.717) is 5.01 Å². The molecule has 4 nitrogen and oxygen atoms in total. The lowest BCUT2D eigenvalue weighted by atomic mass is 10.3. The van der Waals surface area contributed by atoms with Crippen LogP contribution in [0.3, 0.4) is 0 Å². The lowest BCUT2D eigenvalue weighted by Gasteiger charge is -1.94. The maximum atomic E-state index is 11.3. The van der Waals surface area contributed by atoms with Gasteiger partial charge in [0.1, 0.15) is 5.01 Å². The first-order valence-electron chi connectivity index (χ1n) is 4.66. The minimum atomic E-state index is -0.820. The normalized spacial score (nSPS) is 10.3. The Bertz CT molecular complexity index is 514. The molecule has 0 aliphatic rings. The van der Waals surface area contributed by atoms with Gasteiger partial charge in [-0.2, -0.15) is 0 Å². The number of esters is 1. The van der Waals surface area contributed by atoms with E-state index >= 15 is 0 Å². The van der Waals surface area contributed by atoms with E-state index in [1.54, 1.807) is 0 Å². The zero-order valence-corrected chi connectivity index (χ0v) is 9.41. The van der Waals surface area contributed by atoms with E-state index in [-0.39, 0.29) is 6.42 Å². The first-order valence-corrected chi connectivity index (χ1v) is 5.48. The number of rotatable bonds is 3. The Hall–Kier alpha value is -1.75. The molecule has 0 saturated heterocycles. The summed E-state index contributed by atoms with van der Waals surface area (Å²) in [5.74, 6) is -1.39. The van der Waals surface area contributed by atoms with Crippen molar-refractivity contribution in [3.8, 4) is 0 Å². The van der Waals surface area contributed by atoms with Crippen LogP contribution in [0.15, 0.2) is 24.3 Å². The summed E-state index contributed by atoms with van der Waals surface area (Å²) in [4.78, 5) is 26.5. The molecule has 0 radical (unpaired) electrons. The van der Waals surface area contributed by atoms with Crippen molar-refractivity contribution in [3.05, 3.63) is 29.3 Å². The summed E-state index contributed by atoms with van der Waals surface area (Å²) in [6.07, 6.45) is 0.00597. The van der Waals surface area contributed by atoms with E-state index in [1.165, 1.54) is 18.4 Å². The summed E-state index contributed by atoms with van der Waals surface area (Å²) in [6, 6.07) is 7.59. The third-order valence-electron chi connectivity index (χ3n) is 2.06. The number of para-hydroxylation sites is 1. The Balaban J connectivity index is 2.22. The monoisotopic (exact) mass is 235 g/mol. The van der Waals surface area contributed by atoms with Crippen LogP contribution in [0.1, 0.15) is 5.01 Å². The van der Waals surface area contributed by atoms with Crippen molar-refractivity contribution in [1.29, 1.82) is 0 Å². The molecule has 1 aromatic carbocycles. The van der Waals surface area contributed by atoms with Crippen LogP contribution in [0.25, 0.3) is 10.2 Å². The Morgan fingerprint density at radius 1 is 1.38 bits per heavy atom. The van der Waals surface area contributed by atoms with Gasteiger partial charge in [-0.3, -0.25) is 4.79 Å². The van der Waals surface area contributed by atoms with Crippen molar-refractivity contribution >= 4 is 33.3 Å². The minimum absolute atomic E-state index is 0.00597. The van der Waals surface area contributed by atoms with E-state index in [1.807, 2.05) is 24.3 Å². The summed E-state index contributed by atoms with van der Waals surface area (Å²) < 4.78 is 5.36. The zero-order chi connectivity index (χ0) is 11.5. The molecule has 0 atom stereocenters. The molecule has 0 amide bonds. The summed E-state index contributed by atoms with van der Waals surface area (Å²) in [6.45, 7) is 0. The summed E-state index contributed by atoms with van der Waals surface area (Å²) >= 11 is 1.41. The van der Waals surface area contributed by atoms with Gasteiger partial charge in [-0.05, 0) is 12.1 Å². The van der Waals surface area contributed by atoms with Gasteiger partial charge in [-0.25, -0.2) is 9.78 Å². The molecule has 0 bridgehead atoms. The molecule has 0 fully saturated rings. The van der Waals surface area contributed by atoms with Gasteiger partial charge in [0.15, 0.2) is 0 Å². The Morgan fingerprint density at radius 3 is 2.81 bits per heavy atom. The van der Waals surface area contributed by atoms with Gasteiger partial charge in [0.25, 0.3) is 0 Å². The van der Waals surface area contributed by atoms with Gasteiger partial charge in [-0.1, -0.05) is 12.1 Å². The van der Waals surface area contributed by atoms with Crippen LogP contribution in [0.5, 0.6) is 0 Å². The fraction of sp³-hybridized carbons (Fsp3) is 0.182. The quantitative estimate of drug-likeness (QED) is 0.598. The third kappa shape index (κ3) is 2.09. The number of nitrogens with zero attached hydrogens (tertiary/aromatic N) is 1. The number of hydrogen-bond acceptors (Lipinski definition) is 5. The number of benzene rings is 1. The van der Waals surface area contributed by atoms with Gasteiger partial charge in [0, 0.05) is 0 Å². The molecule has 0 spiro atoms. The van der Waals surface area contributed by atoms with E-state index in [0.717, 1.165) is 10.2 Å². The van der Waals surface area contributed by atoms with Crippen molar-refractivity contribution in [2.24, 2.45) is 0 Å². The molecular formula is C11H9NO3S. The van der Waals surface area contributed by atoms with Crippen LogP contribution in [-0.4, -0.2) is 23.8 Å². The average Bonchev–Trinajstić information content (AvgIpc) is 2.69. The van der Waals surface area contributed by atoms with Crippen LogP contribution in [0.4, 0.5) is 0 Å². The first kappa shape index (κ1) is 10.8. The number of fused-ring (bicyclic) bond motifs is 1. The topological polar surface area (TPSA) is 56.3 Å². The lowest BCUT2D eigenvalue weighted by Crippen LogP contribution is -2.17. The van der Waals surface area contributed by atoms with Crippen molar-refractivity contribution in [1.82, 2.24) is 4.98 Å². The number of thiazole rings is 1. The number of aromatic nitrogens is 1.